The molecule has 6 heteroatoms. The molecule has 0 radical (unpaired) electrons. The number of ether oxygens (including phenoxy) is 1. The highest BCUT2D eigenvalue weighted by molar-refractivity contribution is 7.89. The Kier molecular flexibility index (Phi) is 4.54. The molecule has 0 aliphatic carbocycles. The summed E-state index contributed by atoms with van der Waals surface area (Å²) in [4.78, 5) is 0. The van der Waals surface area contributed by atoms with Crippen LogP contribution in [0.4, 0.5) is 0 Å². The molecule has 2 atom stereocenters. The summed E-state index contributed by atoms with van der Waals surface area (Å²) in [5.74, 6) is 0.182. The Morgan fingerprint density at radius 2 is 2.00 bits per heavy atom. The number of rotatable bonds is 5. The van der Waals surface area contributed by atoms with E-state index in [0.717, 1.165) is 31.4 Å². The lowest BCUT2D eigenvalue weighted by Crippen LogP contribution is -2.46. The summed E-state index contributed by atoms with van der Waals surface area (Å²) in [6.07, 6.45) is 3.63. The van der Waals surface area contributed by atoms with E-state index in [-0.39, 0.29) is 17.9 Å². The van der Waals surface area contributed by atoms with Crippen molar-refractivity contribution in [3.63, 3.8) is 0 Å². The summed E-state index contributed by atoms with van der Waals surface area (Å²) >= 11 is 5.88. The van der Waals surface area contributed by atoms with Gasteiger partial charge in [-0.15, -0.1) is 0 Å². The van der Waals surface area contributed by atoms with Crippen LogP contribution in [0.1, 0.15) is 37.3 Å². The number of halogens is 1. The molecule has 0 N–H and O–H groups in total. The van der Waals surface area contributed by atoms with Crippen LogP contribution in [-0.4, -0.2) is 37.7 Å². The lowest BCUT2D eigenvalue weighted by Gasteiger charge is -2.40. The van der Waals surface area contributed by atoms with E-state index in [2.05, 4.69) is 0 Å². The molecule has 2 fully saturated rings. The van der Waals surface area contributed by atoms with Crippen molar-refractivity contribution in [2.75, 3.05) is 18.9 Å². The van der Waals surface area contributed by atoms with E-state index >= 15 is 0 Å². The van der Waals surface area contributed by atoms with Gasteiger partial charge in [0.2, 0.25) is 10.0 Å². The molecule has 2 saturated heterocycles. The number of nitrogens with zero attached hydrogens (tertiary/aromatic N) is 1. The minimum absolute atomic E-state index is 0.0308. The Bertz CT molecular complexity index is 581. The maximum Gasteiger partial charge on any atom is 0.214 e. The van der Waals surface area contributed by atoms with Crippen molar-refractivity contribution in [1.29, 1.82) is 0 Å². The molecule has 0 unspecified atom stereocenters. The van der Waals surface area contributed by atoms with Gasteiger partial charge >= 0.3 is 0 Å². The van der Waals surface area contributed by atoms with Crippen molar-refractivity contribution in [2.45, 2.75) is 37.8 Å². The summed E-state index contributed by atoms with van der Waals surface area (Å²) < 4.78 is 32.1. The Hall–Kier alpha value is -0.620. The molecule has 2 aliphatic heterocycles. The van der Waals surface area contributed by atoms with E-state index in [1.807, 2.05) is 24.3 Å². The van der Waals surface area contributed by atoms with Crippen molar-refractivity contribution in [3.05, 3.63) is 34.9 Å². The molecule has 0 saturated carbocycles. The molecule has 0 aromatic heterocycles. The SMILES string of the molecule is O=S(=O)(CC[C@H]1CCCO1)N1CC[C@@H]1c1ccc(Cl)cc1. The van der Waals surface area contributed by atoms with Gasteiger partial charge in [0, 0.05) is 18.2 Å². The van der Waals surface area contributed by atoms with Crippen LogP contribution in [0.2, 0.25) is 5.02 Å². The highest BCUT2D eigenvalue weighted by atomic mass is 35.5. The highest BCUT2D eigenvalue weighted by Gasteiger charge is 2.38. The van der Waals surface area contributed by atoms with Crippen LogP contribution in [0.15, 0.2) is 24.3 Å². The zero-order valence-electron chi connectivity index (χ0n) is 11.9. The van der Waals surface area contributed by atoms with Crippen LogP contribution >= 0.6 is 11.6 Å². The van der Waals surface area contributed by atoms with Gasteiger partial charge in [0.25, 0.3) is 0 Å². The molecular weight excluding hydrogens is 310 g/mol. The van der Waals surface area contributed by atoms with Crippen LogP contribution in [0.25, 0.3) is 0 Å². The zero-order valence-corrected chi connectivity index (χ0v) is 13.4. The van der Waals surface area contributed by atoms with Crippen molar-refractivity contribution < 1.29 is 13.2 Å². The second kappa shape index (κ2) is 6.24. The normalized spacial score (nSPS) is 26.7. The summed E-state index contributed by atoms with van der Waals surface area (Å²) in [7, 11) is -3.20. The number of hydrogen-bond acceptors (Lipinski definition) is 3. The minimum Gasteiger partial charge on any atom is -0.378 e. The highest BCUT2D eigenvalue weighted by Crippen LogP contribution is 2.36. The second-order valence-electron chi connectivity index (χ2n) is 5.71. The van der Waals surface area contributed by atoms with E-state index in [0.29, 0.717) is 18.0 Å². The molecule has 1 aromatic rings. The smallest absolute Gasteiger partial charge is 0.214 e. The summed E-state index contributed by atoms with van der Waals surface area (Å²) in [5, 5.41) is 0.672. The molecule has 0 amide bonds. The van der Waals surface area contributed by atoms with E-state index in [1.165, 1.54) is 0 Å². The van der Waals surface area contributed by atoms with Gasteiger partial charge in [-0.05, 0) is 43.4 Å². The molecule has 21 heavy (non-hydrogen) atoms. The van der Waals surface area contributed by atoms with Crippen LogP contribution in [-0.2, 0) is 14.8 Å². The predicted molar refractivity (Wildman–Crippen MR) is 82.9 cm³/mol. The standard InChI is InChI=1S/C15H20ClNO3S/c16-13-5-3-12(4-6-13)15-7-9-17(15)21(18,19)11-8-14-2-1-10-20-14/h3-6,14-15H,1-2,7-11H2/t14-,15-/m1/s1. The summed E-state index contributed by atoms with van der Waals surface area (Å²) in [5.41, 5.74) is 1.02. The average Bonchev–Trinajstić information content (AvgIpc) is 2.90. The fraction of sp³-hybridized carbons (Fsp3) is 0.600. The summed E-state index contributed by atoms with van der Waals surface area (Å²) in [6, 6.07) is 7.42. The van der Waals surface area contributed by atoms with Gasteiger partial charge in [0.1, 0.15) is 0 Å². The molecule has 116 valence electrons. The third-order valence-electron chi connectivity index (χ3n) is 4.30. The third-order valence-corrected chi connectivity index (χ3v) is 6.46. The number of hydrogen-bond donors (Lipinski definition) is 0. The van der Waals surface area contributed by atoms with Crippen LogP contribution in [0, 0.1) is 0 Å². The predicted octanol–water partition coefficient (Wildman–Crippen LogP) is 2.99. The zero-order chi connectivity index (χ0) is 14.9. The minimum atomic E-state index is -3.20. The van der Waals surface area contributed by atoms with Gasteiger partial charge in [0.15, 0.2) is 0 Å². The molecule has 4 nitrogen and oxygen atoms in total. The van der Waals surface area contributed by atoms with Crippen LogP contribution < -0.4 is 0 Å². The molecule has 0 bridgehead atoms. The fourth-order valence-electron chi connectivity index (χ4n) is 2.98. The van der Waals surface area contributed by atoms with Crippen LogP contribution in [0.3, 0.4) is 0 Å². The van der Waals surface area contributed by atoms with Gasteiger partial charge in [-0.2, -0.15) is 4.31 Å². The van der Waals surface area contributed by atoms with Crippen LogP contribution in [0.5, 0.6) is 0 Å². The van der Waals surface area contributed by atoms with E-state index in [1.54, 1.807) is 4.31 Å². The lowest BCUT2D eigenvalue weighted by molar-refractivity contribution is 0.108. The third kappa shape index (κ3) is 3.42. The van der Waals surface area contributed by atoms with Gasteiger partial charge in [0.05, 0.1) is 17.9 Å². The number of sulfonamides is 1. The van der Waals surface area contributed by atoms with E-state index in [9.17, 15) is 8.42 Å². The topological polar surface area (TPSA) is 46.6 Å². The lowest BCUT2D eigenvalue weighted by atomic mass is 9.98. The number of benzene rings is 1. The van der Waals surface area contributed by atoms with Gasteiger partial charge in [-0.1, -0.05) is 23.7 Å². The first-order valence-corrected chi connectivity index (χ1v) is 9.41. The molecule has 3 rings (SSSR count). The van der Waals surface area contributed by atoms with Crippen molar-refractivity contribution in [2.24, 2.45) is 0 Å². The Morgan fingerprint density at radius 3 is 2.57 bits per heavy atom. The van der Waals surface area contributed by atoms with Gasteiger partial charge in [-0.25, -0.2) is 8.42 Å². The molecular formula is C15H20ClNO3S. The largest absolute Gasteiger partial charge is 0.378 e. The quantitative estimate of drug-likeness (QED) is 0.834. The van der Waals surface area contributed by atoms with Crippen molar-refractivity contribution >= 4 is 21.6 Å². The molecule has 2 heterocycles. The van der Waals surface area contributed by atoms with Crippen molar-refractivity contribution in [3.8, 4) is 0 Å². The first-order valence-electron chi connectivity index (χ1n) is 7.43. The Balaban J connectivity index is 1.63. The molecule has 1 aromatic carbocycles. The first kappa shape index (κ1) is 15.3. The first-order chi connectivity index (χ1) is 10.1. The summed E-state index contributed by atoms with van der Waals surface area (Å²) in [6.45, 7) is 1.38. The maximum absolute atomic E-state index is 12.5. The van der Waals surface area contributed by atoms with Gasteiger partial charge < -0.3 is 4.74 Å². The monoisotopic (exact) mass is 329 g/mol. The van der Waals surface area contributed by atoms with Crippen molar-refractivity contribution in [1.82, 2.24) is 4.31 Å². The van der Waals surface area contributed by atoms with Gasteiger partial charge in [-0.3, -0.25) is 0 Å². The molecule has 2 aliphatic rings. The Labute approximate surface area is 131 Å². The fourth-order valence-corrected chi connectivity index (χ4v) is 4.90. The Morgan fingerprint density at radius 1 is 1.24 bits per heavy atom. The maximum atomic E-state index is 12.5. The van der Waals surface area contributed by atoms with E-state index < -0.39 is 10.0 Å². The van der Waals surface area contributed by atoms with E-state index in [4.69, 9.17) is 16.3 Å². The average molecular weight is 330 g/mol. The molecule has 0 spiro atoms. The second-order valence-corrected chi connectivity index (χ2v) is 8.18.